The number of sulfonamides is 1. The molecular weight excluding hydrogens is 266 g/mol. The molecule has 0 spiro atoms. The lowest BCUT2D eigenvalue weighted by Gasteiger charge is -2.08. The molecule has 0 atom stereocenters. The van der Waals surface area contributed by atoms with Crippen molar-refractivity contribution in [2.24, 2.45) is 7.05 Å². The molecule has 1 heterocycles. The van der Waals surface area contributed by atoms with Gasteiger partial charge in [-0.25, -0.2) is 8.42 Å². The van der Waals surface area contributed by atoms with E-state index in [-0.39, 0.29) is 16.3 Å². The Morgan fingerprint density at radius 3 is 2.74 bits per heavy atom. The van der Waals surface area contributed by atoms with Crippen molar-refractivity contribution in [2.75, 3.05) is 10.5 Å². The molecule has 0 saturated heterocycles. The van der Waals surface area contributed by atoms with Crippen molar-refractivity contribution >= 4 is 21.4 Å². The third-order valence-corrected chi connectivity index (χ3v) is 3.74. The molecule has 0 saturated carbocycles. The molecule has 2 rings (SSSR count). The van der Waals surface area contributed by atoms with Gasteiger partial charge in [0, 0.05) is 13.2 Å². The summed E-state index contributed by atoms with van der Waals surface area (Å²) in [4.78, 5) is 0.0405. The highest BCUT2D eigenvalue weighted by Crippen LogP contribution is 2.22. The Labute approximate surface area is 110 Å². The predicted octanol–water partition coefficient (Wildman–Crippen LogP) is 0.675. The molecule has 1 aromatic carbocycles. The topological polar surface area (TPSA) is 114 Å². The number of nitrogens with one attached hydrogen (secondary N) is 1. The van der Waals surface area contributed by atoms with Crippen LogP contribution in [0, 0.1) is 11.3 Å². The van der Waals surface area contributed by atoms with Crippen LogP contribution in [-0.4, -0.2) is 18.2 Å². The molecule has 0 radical (unpaired) electrons. The number of nitrogens with zero attached hydrogens (tertiary/aromatic N) is 3. The fourth-order valence-electron chi connectivity index (χ4n) is 1.47. The van der Waals surface area contributed by atoms with Gasteiger partial charge < -0.3 is 5.73 Å². The summed E-state index contributed by atoms with van der Waals surface area (Å²) in [6.07, 6.45) is 2.62. The number of nitrogen functional groups attached to an aromatic ring is 1. The van der Waals surface area contributed by atoms with Crippen LogP contribution in [0.4, 0.5) is 11.4 Å². The van der Waals surface area contributed by atoms with E-state index in [4.69, 9.17) is 11.0 Å². The van der Waals surface area contributed by atoms with Crippen LogP contribution < -0.4 is 10.5 Å². The number of hydrogen-bond acceptors (Lipinski definition) is 5. The Balaban J connectivity index is 2.34. The third kappa shape index (κ3) is 2.66. The third-order valence-electron chi connectivity index (χ3n) is 2.42. The lowest BCUT2D eigenvalue weighted by Crippen LogP contribution is -2.13. The average molecular weight is 277 g/mol. The lowest BCUT2D eigenvalue weighted by atomic mass is 10.2. The van der Waals surface area contributed by atoms with E-state index < -0.39 is 10.0 Å². The van der Waals surface area contributed by atoms with Gasteiger partial charge in [-0.15, -0.1) is 0 Å². The summed E-state index contributed by atoms with van der Waals surface area (Å²) in [5.74, 6) is 0. The maximum atomic E-state index is 12.0. The summed E-state index contributed by atoms with van der Waals surface area (Å²) in [6.45, 7) is 0. The Hall–Kier alpha value is -2.53. The standard InChI is InChI=1S/C11H11N5O2S/c1-16-7-9(6-14-16)19(17,18)15-11-3-2-8(5-12)4-10(11)13/h2-4,6-7,15H,13H2,1H3. The quantitative estimate of drug-likeness (QED) is 0.800. The van der Waals surface area contributed by atoms with Gasteiger partial charge in [-0.05, 0) is 18.2 Å². The van der Waals surface area contributed by atoms with Crippen LogP contribution in [0.1, 0.15) is 5.56 Å². The second-order valence-corrected chi connectivity index (χ2v) is 5.55. The molecule has 3 N–H and O–H groups in total. The number of rotatable bonds is 3. The Morgan fingerprint density at radius 2 is 2.21 bits per heavy atom. The fraction of sp³-hybridized carbons (Fsp3) is 0.0909. The van der Waals surface area contributed by atoms with Crippen molar-refractivity contribution < 1.29 is 8.42 Å². The lowest BCUT2D eigenvalue weighted by molar-refractivity contribution is 0.601. The molecule has 7 nitrogen and oxygen atoms in total. The van der Waals surface area contributed by atoms with Gasteiger partial charge in [0.05, 0.1) is 29.2 Å². The van der Waals surface area contributed by atoms with Crippen molar-refractivity contribution in [2.45, 2.75) is 4.90 Å². The van der Waals surface area contributed by atoms with Crippen molar-refractivity contribution in [3.63, 3.8) is 0 Å². The number of anilines is 2. The molecule has 0 amide bonds. The van der Waals surface area contributed by atoms with Gasteiger partial charge in [-0.1, -0.05) is 0 Å². The summed E-state index contributed by atoms with van der Waals surface area (Å²) in [5, 5.41) is 12.5. The van der Waals surface area contributed by atoms with Crippen molar-refractivity contribution in [3.8, 4) is 6.07 Å². The monoisotopic (exact) mass is 277 g/mol. The molecule has 1 aromatic heterocycles. The van der Waals surface area contributed by atoms with Gasteiger partial charge in [-0.2, -0.15) is 10.4 Å². The number of nitriles is 1. The maximum absolute atomic E-state index is 12.0. The zero-order valence-electron chi connectivity index (χ0n) is 10.0. The molecule has 19 heavy (non-hydrogen) atoms. The van der Waals surface area contributed by atoms with Crippen LogP contribution in [0.15, 0.2) is 35.5 Å². The molecular formula is C11H11N5O2S. The van der Waals surface area contributed by atoms with Crippen LogP contribution in [-0.2, 0) is 17.1 Å². The van der Waals surface area contributed by atoms with Gasteiger partial charge in [-0.3, -0.25) is 9.40 Å². The second kappa shape index (κ2) is 4.62. The first kappa shape index (κ1) is 12.9. The summed E-state index contributed by atoms with van der Waals surface area (Å²) >= 11 is 0. The molecule has 0 unspecified atom stereocenters. The first-order chi connectivity index (χ1) is 8.92. The zero-order chi connectivity index (χ0) is 14.0. The van der Waals surface area contributed by atoms with E-state index in [2.05, 4.69) is 9.82 Å². The first-order valence-corrected chi connectivity index (χ1v) is 6.72. The van der Waals surface area contributed by atoms with Crippen LogP contribution in [0.25, 0.3) is 0 Å². The van der Waals surface area contributed by atoms with E-state index in [0.717, 1.165) is 0 Å². The van der Waals surface area contributed by atoms with E-state index >= 15 is 0 Å². The minimum absolute atomic E-state index is 0.0405. The molecule has 0 fully saturated rings. The summed E-state index contributed by atoms with van der Waals surface area (Å²) < 4.78 is 27.8. The van der Waals surface area contributed by atoms with E-state index in [0.29, 0.717) is 5.56 Å². The number of nitrogens with two attached hydrogens (primary N) is 1. The van der Waals surface area contributed by atoms with Crippen LogP contribution in [0.5, 0.6) is 0 Å². The largest absolute Gasteiger partial charge is 0.397 e. The summed E-state index contributed by atoms with van der Waals surface area (Å²) in [5.41, 5.74) is 6.46. The summed E-state index contributed by atoms with van der Waals surface area (Å²) in [6, 6.07) is 6.26. The van der Waals surface area contributed by atoms with Crippen molar-refractivity contribution in [1.29, 1.82) is 5.26 Å². The Morgan fingerprint density at radius 1 is 1.47 bits per heavy atom. The number of benzene rings is 1. The molecule has 8 heteroatoms. The van der Waals surface area contributed by atoms with Crippen molar-refractivity contribution in [1.82, 2.24) is 9.78 Å². The van der Waals surface area contributed by atoms with Crippen LogP contribution >= 0.6 is 0 Å². The normalized spacial score (nSPS) is 10.9. The molecule has 98 valence electrons. The second-order valence-electron chi connectivity index (χ2n) is 3.87. The Kier molecular flexibility index (Phi) is 3.14. The van der Waals surface area contributed by atoms with E-state index in [1.165, 1.54) is 35.3 Å². The minimum Gasteiger partial charge on any atom is -0.397 e. The highest BCUT2D eigenvalue weighted by atomic mass is 32.2. The highest BCUT2D eigenvalue weighted by Gasteiger charge is 2.17. The Bertz CT molecular complexity index is 758. The molecule has 0 aliphatic rings. The van der Waals surface area contributed by atoms with Gasteiger partial charge in [0.25, 0.3) is 10.0 Å². The SMILES string of the molecule is Cn1cc(S(=O)(=O)Nc2ccc(C#N)cc2N)cn1. The predicted molar refractivity (Wildman–Crippen MR) is 69.6 cm³/mol. The molecule has 0 aliphatic carbocycles. The smallest absolute Gasteiger partial charge is 0.265 e. The maximum Gasteiger partial charge on any atom is 0.265 e. The van der Waals surface area contributed by atoms with Gasteiger partial charge in [0.1, 0.15) is 4.90 Å². The number of hydrogen-bond donors (Lipinski definition) is 2. The number of aromatic nitrogens is 2. The number of aryl methyl sites for hydroxylation is 1. The molecule has 0 bridgehead atoms. The van der Waals surface area contributed by atoms with Crippen LogP contribution in [0.2, 0.25) is 0 Å². The van der Waals surface area contributed by atoms with Crippen molar-refractivity contribution in [3.05, 3.63) is 36.2 Å². The molecule has 2 aromatic rings. The zero-order valence-corrected chi connectivity index (χ0v) is 10.8. The van der Waals surface area contributed by atoms with E-state index in [1.54, 1.807) is 7.05 Å². The van der Waals surface area contributed by atoms with Gasteiger partial charge in [0.15, 0.2) is 0 Å². The molecule has 0 aliphatic heterocycles. The van der Waals surface area contributed by atoms with Gasteiger partial charge >= 0.3 is 0 Å². The minimum atomic E-state index is -3.73. The first-order valence-electron chi connectivity index (χ1n) is 5.23. The van der Waals surface area contributed by atoms with E-state index in [9.17, 15) is 8.42 Å². The van der Waals surface area contributed by atoms with E-state index in [1.807, 2.05) is 6.07 Å². The average Bonchev–Trinajstić information content (AvgIpc) is 2.79. The fourth-order valence-corrected chi connectivity index (χ4v) is 2.54. The van der Waals surface area contributed by atoms with Crippen LogP contribution in [0.3, 0.4) is 0 Å². The van der Waals surface area contributed by atoms with Gasteiger partial charge in [0.2, 0.25) is 0 Å². The highest BCUT2D eigenvalue weighted by molar-refractivity contribution is 7.92. The summed E-state index contributed by atoms with van der Waals surface area (Å²) in [7, 11) is -2.11.